The first-order chi connectivity index (χ1) is 20.6. The first-order valence-electron chi connectivity index (χ1n) is 14.8. The predicted molar refractivity (Wildman–Crippen MR) is 170 cm³/mol. The Morgan fingerprint density at radius 1 is 1.00 bits per heavy atom. The van der Waals surface area contributed by atoms with Gasteiger partial charge in [0.25, 0.3) is 0 Å². The zero-order valence-electron chi connectivity index (χ0n) is 25.6. The Kier molecular flexibility index (Phi) is 16.0. The number of carbonyl (C=O) groups excluding carboxylic acids is 1. The maximum Gasteiger partial charge on any atom is 0.345 e. The van der Waals surface area contributed by atoms with Gasteiger partial charge in [0.15, 0.2) is 5.65 Å². The van der Waals surface area contributed by atoms with Gasteiger partial charge in [-0.3, -0.25) is 9.94 Å². The number of nitrogen functional groups attached to an aromatic ring is 1. The number of rotatable bonds is 1. The van der Waals surface area contributed by atoms with Gasteiger partial charge in [0, 0.05) is 24.5 Å². The van der Waals surface area contributed by atoms with Crippen LogP contribution in [0.4, 0.5) is 16.3 Å². The number of aromatic amines is 1. The normalized spacial score (nSPS) is 14.5. The topological polar surface area (TPSA) is 131 Å². The van der Waals surface area contributed by atoms with Crippen LogP contribution in [-0.4, -0.2) is 57.6 Å². The van der Waals surface area contributed by atoms with Crippen molar-refractivity contribution in [3.8, 4) is 11.8 Å². The third-order valence-corrected chi connectivity index (χ3v) is 5.88. The summed E-state index contributed by atoms with van der Waals surface area (Å²) in [5.74, 6) is 6.44. The number of carbonyl (C=O) groups is 1. The van der Waals surface area contributed by atoms with Gasteiger partial charge in [-0.15, -0.1) is 0 Å². The van der Waals surface area contributed by atoms with E-state index in [1.54, 1.807) is 0 Å². The second-order valence-corrected chi connectivity index (χ2v) is 8.81. The standard InChI is InChI=1S/C18H17N7O2.C6H8.C4H8O.2C2H6/c1-11-3-5-13(22-18(26)25-7-2-8-27-25)9-12(11)4-6-14-15-16(19)20-10-21-17(15)24-23-14;1-2-4-6-5-3-1;1-2-4-5-3-1;2*1-2/h3,5,9-10H,2,7-8H2,1H3,(H,22,26)(H3,19,20,21,23,24);1-4H,5-6H2;1-4H2;2*1-2H3. The van der Waals surface area contributed by atoms with Gasteiger partial charge in [-0.2, -0.15) is 5.10 Å². The number of nitrogens with one attached hydrogen (secondary N) is 2. The highest BCUT2D eigenvalue weighted by Crippen LogP contribution is 2.19. The van der Waals surface area contributed by atoms with E-state index in [0.717, 1.165) is 30.8 Å². The van der Waals surface area contributed by atoms with E-state index in [9.17, 15) is 4.79 Å². The lowest BCUT2D eigenvalue weighted by Gasteiger charge is -2.15. The van der Waals surface area contributed by atoms with Crippen LogP contribution in [0.3, 0.4) is 0 Å². The number of fused-ring (bicyclic) bond motifs is 1. The van der Waals surface area contributed by atoms with E-state index in [-0.39, 0.29) is 6.03 Å². The molecule has 226 valence electrons. The number of allylic oxidation sites excluding steroid dienone is 4. The Labute approximate surface area is 249 Å². The molecule has 0 radical (unpaired) electrons. The van der Waals surface area contributed by atoms with Crippen LogP contribution in [0.2, 0.25) is 0 Å². The molecule has 0 atom stereocenters. The van der Waals surface area contributed by atoms with Crippen molar-refractivity contribution in [3.63, 3.8) is 0 Å². The lowest BCUT2D eigenvalue weighted by molar-refractivity contribution is -0.0614. The van der Waals surface area contributed by atoms with Crippen molar-refractivity contribution in [3.05, 3.63) is 65.7 Å². The van der Waals surface area contributed by atoms with Crippen LogP contribution in [0.5, 0.6) is 0 Å². The van der Waals surface area contributed by atoms with E-state index in [0.29, 0.717) is 41.4 Å². The number of nitrogens with two attached hydrogens (primary N) is 1. The summed E-state index contributed by atoms with van der Waals surface area (Å²) in [6, 6.07) is 5.24. The summed E-state index contributed by atoms with van der Waals surface area (Å²) in [7, 11) is 0. The quantitative estimate of drug-likeness (QED) is 0.280. The van der Waals surface area contributed by atoms with Crippen molar-refractivity contribution in [2.45, 2.75) is 66.7 Å². The fraction of sp³-hybridized carbons (Fsp3) is 0.438. The van der Waals surface area contributed by atoms with Gasteiger partial charge < -0.3 is 15.8 Å². The number of hydrogen-bond acceptors (Lipinski definition) is 7. The minimum Gasteiger partial charge on any atom is -0.383 e. The van der Waals surface area contributed by atoms with E-state index in [2.05, 4.69) is 61.6 Å². The number of hydrogen-bond donors (Lipinski definition) is 3. The number of urea groups is 1. The van der Waals surface area contributed by atoms with Gasteiger partial charge in [0.2, 0.25) is 0 Å². The average molecular weight is 576 g/mol. The van der Waals surface area contributed by atoms with Crippen LogP contribution in [0.15, 0.2) is 48.8 Å². The first kappa shape index (κ1) is 34.0. The molecular weight excluding hydrogens is 530 g/mol. The lowest BCUT2D eigenvalue weighted by atomic mass is 10.1. The Balaban J connectivity index is 0.000000337. The SMILES string of the molecule is C1=CCCC=C1.C1CCOC1.CC.CC.Cc1ccc(NC(=O)N2CCCO2)cc1C#Cc1[nH]nc2ncnc(N)c12. The van der Waals surface area contributed by atoms with Crippen molar-refractivity contribution in [1.29, 1.82) is 0 Å². The Bertz CT molecular complexity index is 1330. The lowest BCUT2D eigenvalue weighted by Crippen LogP contribution is -2.31. The number of ether oxygens (including phenoxy) is 1. The number of aryl methyl sites for hydroxylation is 1. The van der Waals surface area contributed by atoms with Crippen molar-refractivity contribution in [2.75, 3.05) is 37.4 Å². The van der Waals surface area contributed by atoms with Crippen LogP contribution < -0.4 is 11.1 Å². The highest BCUT2D eigenvalue weighted by atomic mass is 16.7. The molecule has 0 bridgehead atoms. The third-order valence-electron chi connectivity index (χ3n) is 5.88. The molecule has 4 N–H and O–H groups in total. The van der Waals surface area contributed by atoms with Crippen molar-refractivity contribution >= 4 is 28.6 Å². The molecule has 0 saturated carbocycles. The van der Waals surface area contributed by atoms with Crippen LogP contribution in [0.1, 0.15) is 76.6 Å². The highest BCUT2D eigenvalue weighted by molar-refractivity contribution is 5.90. The molecule has 10 heteroatoms. The third kappa shape index (κ3) is 11.0. The zero-order valence-corrected chi connectivity index (χ0v) is 25.6. The van der Waals surface area contributed by atoms with Crippen LogP contribution in [0.25, 0.3) is 11.0 Å². The second-order valence-electron chi connectivity index (χ2n) is 8.81. The Morgan fingerprint density at radius 3 is 2.29 bits per heavy atom. The van der Waals surface area contributed by atoms with Crippen LogP contribution in [0, 0.1) is 18.8 Å². The molecule has 2 fully saturated rings. The summed E-state index contributed by atoms with van der Waals surface area (Å²) in [5, 5.41) is 11.6. The number of nitrogens with zero attached hydrogens (tertiary/aromatic N) is 4. The second kappa shape index (κ2) is 19.8. The number of anilines is 2. The summed E-state index contributed by atoms with van der Waals surface area (Å²) < 4.78 is 4.94. The van der Waals surface area contributed by atoms with Crippen LogP contribution >= 0.6 is 0 Å². The smallest absolute Gasteiger partial charge is 0.345 e. The highest BCUT2D eigenvalue weighted by Gasteiger charge is 2.19. The molecular formula is C32H45N7O3. The van der Waals surface area contributed by atoms with E-state index >= 15 is 0 Å². The summed E-state index contributed by atoms with van der Waals surface area (Å²) in [6.07, 6.45) is 15.7. The summed E-state index contributed by atoms with van der Waals surface area (Å²) in [6.45, 7) is 13.1. The molecule has 3 aromatic rings. The maximum absolute atomic E-state index is 12.2. The molecule has 2 aromatic heterocycles. The van der Waals surface area contributed by atoms with Gasteiger partial charge in [0.05, 0.1) is 18.5 Å². The predicted octanol–water partition coefficient (Wildman–Crippen LogP) is 6.55. The molecule has 6 rings (SSSR count). The molecule has 42 heavy (non-hydrogen) atoms. The van der Waals surface area contributed by atoms with Gasteiger partial charge in [-0.25, -0.2) is 19.8 Å². The summed E-state index contributed by atoms with van der Waals surface area (Å²) >= 11 is 0. The number of amides is 2. The molecule has 2 saturated heterocycles. The average Bonchev–Trinajstić information content (AvgIpc) is 3.85. The molecule has 10 nitrogen and oxygen atoms in total. The molecule has 2 aliphatic heterocycles. The van der Waals surface area contributed by atoms with Crippen molar-refractivity contribution in [2.24, 2.45) is 0 Å². The van der Waals surface area contributed by atoms with E-state index < -0.39 is 0 Å². The number of hydroxylamine groups is 2. The van der Waals surface area contributed by atoms with Gasteiger partial charge in [-0.1, -0.05) is 64.0 Å². The van der Waals surface area contributed by atoms with E-state index in [1.807, 2.05) is 52.8 Å². The monoisotopic (exact) mass is 575 g/mol. The minimum atomic E-state index is -0.292. The van der Waals surface area contributed by atoms with Crippen molar-refractivity contribution < 1.29 is 14.4 Å². The van der Waals surface area contributed by atoms with Gasteiger partial charge in [-0.05, 0) is 62.6 Å². The van der Waals surface area contributed by atoms with Gasteiger partial charge in [0.1, 0.15) is 17.8 Å². The van der Waals surface area contributed by atoms with E-state index in [4.69, 9.17) is 15.3 Å². The Hall–Kier alpha value is -4.20. The zero-order chi connectivity index (χ0) is 30.6. The number of H-pyrrole nitrogens is 1. The number of benzene rings is 1. The fourth-order valence-corrected chi connectivity index (χ4v) is 3.78. The molecule has 4 heterocycles. The number of aromatic nitrogens is 4. The fourth-order valence-electron chi connectivity index (χ4n) is 3.78. The molecule has 1 aromatic carbocycles. The van der Waals surface area contributed by atoms with Gasteiger partial charge >= 0.3 is 6.03 Å². The first-order valence-corrected chi connectivity index (χ1v) is 14.8. The Morgan fingerprint density at radius 2 is 1.71 bits per heavy atom. The summed E-state index contributed by atoms with van der Waals surface area (Å²) in [5.41, 5.74) is 9.30. The van der Waals surface area contributed by atoms with E-state index in [1.165, 1.54) is 37.1 Å². The van der Waals surface area contributed by atoms with Crippen LogP contribution in [-0.2, 0) is 9.57 Å². The molecule has 3 aliphatic rings. The minimum absolute atomic E-state index is 0.292. The maximum atomic E-state index is 12.2. The molecule has 2 amide bonds. The summed E-state index contributed by atoms with van der Waals surface area (Å²) in [4.78, 5) is 25.4. The molecule has 0 unspecified atom stereocenters. The molecule has 1 aliphatic carbocycles. The van der Waals surface area contributed by atoms with Crippen molar-refractivity contribution in [1.82, 2.24) is 25.2 Å². The molecule has 0 spiro atoms. The largest absolute Gasteiger partial charge is 0.383 e.